The van der Waals surface area contributed by atoms with E-state index in [2.05, 4.69) is 187 Å². The van der Waals surface area contributed by atoms with E-state index in [1.165, 1.54) is 10.8 Å². The van der Waals surface area contributed by atoms with E-state index in [1.54, 1.807) is 0 Å². The molecule has 294 valence electrons. The molecular weight excluding hydrogens is 771 g/mol. The normalized spacial score (nSPS) is 11.8. The van der Waals surface area contributed by atoms with E-state index in [1.807, 2.05) is 30.3 Å². The molecule has 13 aromatic rings. The average molecular weight is 806 g/mol. The van der Waals surface area contributed by atoms with Crippen molar-refractivity contribution < 1.29 is 8.83 Å². The van der Waals surface area contributed by atoms with Gasteiger partial charge < -0.3 is 13.4 Å². The molecule has 0 saturated carbocycles. The molecule has 0 radical (unpaired) electrons. The minimum Gasteiger partial charge on any atom is -0.456 e. The van der Waals surface area contributed by atoms with E-state index < -0.39 is 0 Å². The molecule has 0 unspecified atom stereocenters. The van der Waals surface area contributed by atoms with Crippen LogP contribution >= 0.6 is 0 Å². The number of para-hydroxylation sites is 3. The van der Waals surface area contributed by atoms with Crippen molar-refractivity contribution in [2.45, 2.75) is 0 Å². The first-order valence-corrected chi connectivity index (χ1v) is 21.2. The van der Waals surface area contributed by atoms with Gasteiger partial charge in [0, 0.05) is 49.0 Å². The highest BCUT2D eigenvalue weighted by Crippen LogP contribution is 2.44. The van der Waals surface area contributed by atoms with Gasteiger partial charge in [-0.3, -0.25) is 0 Å². The van der Waals surface area contributed by atoms with Crippen molar-refractivity contribution in [1.82, 2.24) is 14.5 Å². The Morgan fingerprint density at radius 2 is 0.905 bits per heavy atom. The standard InChI is InChI=1S/C58H35N3O2/c1-4-15-36(16-5-1)41-31-47(58-59-48(37-17-6-2-7-18-37)35-49(60-58)38-19-8-3-9-20-38)56-46-23-14-25-51(57(46)63-55(56)34-41)61-50-24-12-10-21-42(50)43-29-27-39(32-52(43)61)40-28-30-45-44-22-11-13-26-53(44)62-54(45)33-40/h1-35H. The van der Waals surface area contributed by atoms with E-state index in [-0.39, 0.29) is 0 Å². The SMILES string of the molecule is c1ccc(-c2cc(-c3nc(-c4ccccc4)cc(-c4ccccc4)n3)c3c(c2)oc2c(-n4c5ccccc5c5ccc(-c6ccc7c(c6)oc6ccccc67)cc54)cccc23)cc1. The van der Waals surface area contributed by atoms with Gasteiger partial charge in [-0.25, -0.2) is 9.97 Å². The second-order valence-corrected chi connectivity index (χ2v) is 16.1. The summed E-state index contributed by atoms with van der Waals surface area (Å²) in [6.07, 6.45) is 0. The molecule has 0 N–H and O–H groups in total. The van der Waals surface area contributed by atoms with Crippen molar-refractivity contribution in [3.05, 3.63) is 212 Å². The second kappa shape index (κ2) is 14.0. The Kier molecular flexibility index (Phi) is 7.84. The van der Waals surface area contributed by atoms with Gasteiger partial charge in [0.2, 0.25) is 0 Å². The molecule has 0 aliphatic rings. The smallest absolute Gasteiger partial charge is 0.161 e. The molecule has 4 heterocycles. The van der Waals surface area contributed by atoms with Crippen LogP contribution in [-0.4, -0.2) is 14.5 Å². The fourth-order valence-corrected chi connectivity index (χ4v) is 9.46. The number of fused-ring (bicyclic) bond motifs is 9. The molecule has 13 rings (SSSR count). The minimum atomic E-state index is 0.633. The van der Waals surface area contributed by atoms with Crippen molar-refractivity contribution in [1.29, 1.82) is 0 Å². The Balaban J connectivity index is 1.06. The molecule has 4 aromatic heterocycles. The Bertz CT molecular complexity index is 3840. The Hall–Kier alpha value is -8.54. The summed E-state index contributed by atoms with van der Waals surface area (Å²) in [6.45, 7) is 0. The molecule has 0 saturated heterocycles. The monoisotopic (exact) mass is 805 g/mol. The quantitative estimate of drug-likeness (QED) is 0.168. The lowest BCUT2D eigenvalue weighted by Gasteiger charge is -2.12. The summed E-state index contributed by atoms with van der Waals surface area (Å²) < 4.78 is 15.8. The van der Waals surface area contributed by atoms with Gasteiger partial charge in [-0.2, -0.15) is 0 Å². The van der Waals surface area contributed by atoms with Crippen molar-refractivity contribution in [2.24, 2.45) is 0 Å². The maximum absolute atomic E-state index is 7.16. The lowest BCUT2D eigenvalue weighted by molar-refractivity contribution is 0.666. The zero-order valence-corrected chi connectivity index (χ0v) is 33.9. The van der Waals surface area contributed by atoms with E-state index in [0.717, 1.165) is 111 Å². The van der Waals surface area contributed by atoms with Gasteiger partial charge in [-0.05, 0) is 76.9 Å². The first-order valence-electron chi connectivity index (χ1n) is 21.2. The summed E-state index contributed by atoms with van der Waals surface area (Å²) >= 11 is 0. The van der Waals surface area contributed by atoms with Gasteiger partial charge in [0.15, 0.2) is 11.4 Å². The molecule has 0 fully saturated rings. The van der Waals surface area contributed by atoms with Crippen LogP contribution in [0.3, 0.4) is 0 Å². The van der Waals surface area contributed by atoms with Crippen molar-refractivity contribution >= 4 is 65.7 Å². The van der Waals surface area contributed by atoms with Gasteiger partial charge in [0.05, 0.1) is 28.1 Å². The highest BCUT2D eigenvalue weighted by Gasteiger charge is 2.23. The van der Waals surface area contributed by atoms with Crippen LogP contribution in [0.25, 0.3) is 128 Å². The highest BCUT2D eigenvalue weighted by atomic mass is 16.3. The number of furan rings is 2. The largest absolute Gasteiger partial charge is 0.456 e. The molecule has 5 heteroatoms. The van der Waals surface area contributed by atoms with Gasteiger partial charge in [0.25, 0.3) is 0 Å². The molecular formula is C58H35N3O2. The van der Waals surface area contributed by atoms with Crippen LogP contribution in [0.2, 0.25) is 0 Å². The highest BCUT2D eigenvalue weighted by molar-refractivity contribution is 6.17. The maximum Gasteiger partial charge on any atom is 0.161 e. The van der Waals surface area contributed by atoms with E-state index in [0.29, 0.717) is 5.82 Å². The molecule has 0 spiro atoms. The fourth-order valence-electron chi connectivity index (χ4n) is 9.46. The molecule has 63 heavy (non-hydrogen) atoms. The topological polar surface area (TPSA) is 57.0 Å². The first-order chi connectivity index (χ1) is 31.2. The summed E-state index contributed by atoms with van der Waals surface area (Å²) in [6, 6.07) is 74.2. The van der Waals surface area contributed by atoms with Crippen LogP contribution in [0.5, 0.6) is 0 Å². The number of nitrogens with zero attached hydrogens (tertiary/aromatic N) is 3. The predicted octanol–water partition coefficient (Wildman–Crippen LogP) is 15.7. The summed E-state index contributed by atoms with van der Waals surface area (Å²) in [5.41, 5.74) is 15.4. The number of benzene rings is 9. The molecule has 0 bridgehead atoms. The van der Waals surface area contributed by atoms with Crippen LogP contribution in [0.15, 0.2) is 221 Å². The lowest BCUT2D eigenvalue weighted by atomic mass is 9.97. The second-order valence-electron chi connectivity index (χ2n) is 16.1. The van der Waals surface area contributed by atoms with Crippen LogP contribution in [0, 0.1) is 0 Å². The predicted molar refractivity (Wildman–Crippen MR) is 258 cm³/mol. The molecule has 0 amide bonds. The summed E-state index contributed by atoms with van der Waals surface area (Å²) in [5, 5.41) is 6.54. The summed E-state index contributed by atoms with van der Waals surface area (Å²) in [7, 11) is 0. The average Bonchev–Trinajstić information content (AvgIpc) is 4.03. The van der Waals surface area contributed by atoms with Crippen molar-refractivity contribution in [2.75, 3.05) is 0 Å². The zero-order valence-electron chi connectivity index (χ0n) is 33.9. The number of hydrogen-bond donors (Lipinski definition) is 0. The molecule has 9 aromatic carbocycles. The van der Waals surface area contributed by atoms with Crippen LogP contribution in [-0.2, 0) is 0 Å². The van der Waals surface area contributed by atoms with E-state index in [4.69, 9.17) is 18.8 Å². The molecule has 5 nitrogen and oxygen atoms in total. The third-order valence-electron chi connectivity index (χ3n) is 12.4. The first kappa shape index (κ1) is 35.2. The molecule has 0 aliphatic carbocycles. The summed E-state index contributed by atoms with van der Waals surface area (Å²) in [4.78, 5) is 10.7. The van der Waals surface area contributed by atoms with E-state index >= 15 is 0 Å². The zero-order chi connectivity index (χ0) is 41.4. The Labute approximate surface area is 361 Å². The maximum atomic E-state index is 7.16. The van der Waals surface area contributed by atoms with Gasteiger partial charge in [0.1, 0.15) is 16.7 Å². The number of hydrogen-bond acceptors (Lipinski definition) is 4. The van der Waals surface area contributed by atoms with E-state index in [9.17, 15) is 0 Å². The minimum absolute atomic E-state index is 0.633. The lowest BCUT2D eigenvalue weighted by Crippen LogP contribution is -1.97. The Morgan fingerprint density at radius 3 is 1.65 bits per heavy atom. The van der Waals surface area contributed by atoms with Gasteiger partial charge in [-0.15, -0.1) is 0 Å². The third kappa shape index (κ3) is 5.71. The fraction of sp³-hybridized carbons (Fsp3) is 0. The van der Waals surface area contributed by atoms with Gasteiger partial charge >= 0.3 is 0 Å². The van der Waals surface area contributed by atoms with Crippen molar-refractivity contribution in [3.63, 3.8) is 0 Å². The number of aromatic nitrogens is 3. The number of rotatable bonds is 6. The van der Waals surface area contributed by atoms with Crippen LogP contribution < -0.4 is 0 Å². The van der Waals surface area contributed by atoms with Gasteiger partial charge in [-0.1, -0.05) is 158 Å². The Morgan fingerprint density at radius 1 is 0.333 bits per heavy atom. The third-order valence-corrected chi connectivity index (χ3v) is 12.4. The van der Waals surface area contributed by atoms with Crippen LogP contribution in [0.4, 0.5) is 0 Å². The van der Waals surface area contributed by atoms with Crippen molar-refractivity contribution in [3.8, 4) is 61.8 Å². The molecule has 0 aliphatic heterocycles. The summed E-state index contributed by atoms with van der Waals surface area (Å²) in [5.74, 6) is 0.633. The van der Waals surface area contributed by atoms with Crippen LogP contribution in [0.1, 0.15) is 0 Å². The molecule has 0 atom stereocenters.